The number of hydrogen-bond donors (Lipinski definition) is 0. The smallest absolute Gasteiger partial charge is 0.190 e. The first-order chi connectivity index (χ1) is 7.66. The third-order valence-corrected chi connectivity index (χ3v) is 2.74. The summed E-state index contributed by atoms with van der Waals surface area (Å²) in [7, 11) is 1.57. The lowest BCUT2D eigenvalue weighted by molar-refractivity contribution is 0.0577. The van der Waals surface area contributed by atoms with Crippen molar-refractivity contribution in [1.82, 2.24) is 0 Å². The molecule has 0 heterocycles. The van der Waals surface area contributed by atoms with Crippen molar-refractivity contribution >= 4 is 29.0 Å². The molecule has 0 saturated carbocycles. The largest absolute Gasteiger partial charge is 0.382 e. The van der Waals surface area contributed by atoms with E-state index in [4.69, 9.17) is 32.7 Å². The van der Waals surface area contributed by atoms with Gasteiger partial charge < -0.3 is 9.47 Å². The number of benzene rings is 1. The zero-order valence-corrected chi connectivity index (χ0v) is 10.3. The van der Waals surface area contributed by atoms with Crippen molar-refractivity contribution in [2.75, 3.05) is 26.9 Å². The molecular formula is C11H12Cl2O3. The van der Waals surface area contributed by atoms with Crippen LogP contribution in [0.5, 0.6) is 0 Å². The van der Waals surface area contributed by atoms with Crippen LogP contribution in [0.3, 0.4) is 0 Å². The molecule has 5 heteroatoms. The highest BCUT2D eigenvalue weighted by Gasteiger charge is 2.12. The molecule has 0 amide bonds. The molecule has 0 aromatic heterocycles. The molecule has 0 spiro atoms. The van der Waals surface area contributed by atoms with E-state index in [0.29, 0.717) is 23.8 Å². The summed E-state index contributed by atoms with van der Waals surface area (Å²) >= 11 is 11.7. The maximum atomic E-state index is 11.7. The van der Waals surface area contributed by atoms with Crippen LogP contribution in [-0.4, -0.2) is 32.7 Å². The molecule has 0 saturated heterocycles. The van der Waals surface area contributed by atoms with Gasteiger partial charge in [0.25, 0.3) is 0 Å². The first-order valence-electron chi connectivity index (χ1n) is 4.70. The lowest BCUT2D eigenvalue weighted by Gasteiger charge is -2.05. The van der Waals surface area contributed by atoms with Crippen molar-refractivity contribution in [3.63, 3.8) is 0 Å². The highest BCUT2D eigenvalue weighted by atomic mass is 35.5. The summed E-state index contributed by atoms with van der Waals surface area (Å²) in [6, 6.07) is 4.93. The van der Waals surface area contributed by atoms with Gasteiger partial charge in [0.05, 0.1) is 23.3 Å². The first-order valence-corrected chi connectivity index (χ1v) is 5.46. The van der Waals surface area contributed by atoms with Gasteiger partial charge in [-0.25, -0.2) is 0 Å². The van der Waals surface area contributed by atoms with Crippen molar-refractivity contribution in [2.24, 2.45) is 0 Å². The van der Waals surface area contributed by atoms with Crippen LogP contribution in [0.4, 0.5) is 0 Å². The molecule has 0 N–H and O–H groups in total. The minimum absolute atomic E-state index is 0.0244. The van der Waals surface area contributed by atoms with Crippen LogP contribution in [0.1, 0.15) is 10.4 Å². The van der Waals surface area contributed by atoms with Gasteiger partial charge in [0.15, 0.2) is 5.78 Å². The predicted octanol–water partition coefficient (Wildman–Crippen LogP) is 2.84. The Morgan fingerprint density at radius 3 is 2.75 bits per heavy atom. The lowest BCUT2D eigenvalue weighted by atomic mass is 10.1. The molecule has 0 fully saturated rings. The van der Waals surface area contributed by atoms with Crippen molar-refractivity contribution in [1.29, 1.82) is 0 Å². The second kappa shape index (κ2) is 6.86. The van der Waals surface area contributed by atoms with Crippen molar-refractivity contribution in [3.8, 4) is 0 Å². The third kappa shape index (κ3) is 3.76. The Balaban J connectivity index is 2.56. The molecule has 1 aromatic rings. The van der Waals surface area contributed by atoms with Gasteiger partial charge in [-0.05, 0) is 12.1 Å². The zero-order chi connectivity index (χ0) is 12.0. The number of carbonyl (C=O) groups is 1. The zero-order valence-electron chi connectivity index (χ0n) is 8.83. The number of rotatable bonds is 6. The SMILES string of the molecule is COCCOCC(=O)c1cccc(Cl)c1Cl. The minimum atomic E-state index is -0.191. The standard InChI is InChI=1S/C11H12Cl2O3/c1-15-5-6-16-7-10(14)8-3-2-4-9(12)11(8)13/h2-4H,5-7H2,1H3. The van der Waals surface area contributed by atoms with Crippen LogP contribution in [0.15, 0.2) is 18.2 Å². The van der Waals surface area contributed by atoms with E-state index in [-0.39, 0.29) is 17.4 Å². The van der Waals surface area contributed by atoms with Gasteiger partial charge in [-0.2, -0.15) is 0 Å². The average molecular weight is 263 g/mol. The number of ketones is 1. The molecule has 88 valence electrons. The fourth-order valence-electron chi connectivity index (χ4n) is 1.10. The maximum Gasteiger partial charge on any atom is 0.190 e. The summed E-state index contributed by atoms with van der Waals surface area (Å²) in [4.78, 5) is 11.7. The normalized spacial score (nSPS) is 10.4. The molecule has 1 rings (SSSR count). The van der Waals surface area contributed by atoms with Crippen LogP contribution < -0.4 is 0 Å². The highest BCUT2D eigenvalue weighted by Crippen LogP contribution is 2.25. The molecule has 0 atom stereocenters. The number of carbonyl (C=O) groups excluding carboxylic acids is 1. The molecule has 0 bridgehead atoms. The second-order valence-electron chi connectivity index (χ2n) is 3.07. The second-order valence-corrected chi connectivity index (χ2v) is 3.86. The van der Waals surface area contributed by atoms with Gasteiger partial charge in [-0.3, -0.25) is 4.79 Å². The van der Waals surface area contributed by atoms with Gasteiger partial charge in [-0.15, -0.1) is 0 Å². The molecule has 16 heavy (non-hydrogen) atoms. The van der Waals surface area contributed by atoms with E-state index in [1.54, 1.807) is 25.3 Å². The summed E-state index contributed by atoms with van der Waals surface area (Å²) in [5.41, 5.74) is 0.381. The van der Waals surface area contributed by atoms with E-state index in [1.807, 2.05) is 0 Å². The summed E-state index contributed by atoms with van der Waals surface area (Å²) in [5, 5.41) is 0.633. The van der Waals surface area contributed by atoms with E-state index in [9.17, 15) is 4.79 Å². The molecule has 0 aliphatic rings. The Bertz CT molecular complexity index is 366. The van der Waals surface area contributed by atoms with Crippen LogP contribution in [0.25, 0.3) is 0 Å². The van der Waals surface area contributed by atoms with Gasteiger partial charge in [-0.1, -0.05) is 29.3 Å². The van der Waals surface area contributed by atoms with Gasteiger partial charge in [0.2, 0.25) is 0 Å². The molecule has 0 aliphatic heterocycles. The predicted molar refractivity (Wildman–Crippen MR) is 63.5 cm³/mol. The van der Waals surface area contributed by atoms with Crippen LogP contribution in [0, 0.1) is 0 Å². The molecule has 1 aromatic carbocycles. The Morgan fingerprint density at radius 1 is 1.31 bits per heavy atom. The van der Waals surface area contributed by atoms with Crippen LogP contribution in [-0.2, 0) is 9.47 Å². The van der Waals surface area contributed by atoms with E-state index in [2.05, 4.69) is 0 Å². The summed E-state index contributed by atoms with van der Waals surface area (Å²) in [6.45, 7) is 0.806. The topological polar surface area (TPSA) is 35.5 Å². The quantitative estimate of drug-likeness (QED) is 0.584. The van der Waals surface area contributed by atoms with Crippen LogP contribution >= 0.6 is 23.2 Å². The Kier molecular flexibility index (Phi) is 5.77. The number of halogens is 2. The Labute approximate surface area is 104 Å². The minimum Gasteiger partial charge on any atom is -0.382 e. The number of ether oxygens (including phenoxy) is 2. The van der Waals surface area contributed by atoms with E-state index in [0.717, 1.165) is 0 Å². The van der Waals surface area contributed by atoms with E-state index >= 15 is 0 Å². The van der Waals surface area contributed by atoms with Gasteiger partial charge in [0.1, 0.15) is 6.61 Å². The van der Waals surface area contributed by atoms with Crippen molar-refractivity contribution in [2.45, 2.75) is 0 Å². The molecule has 3 nitrogen and oxygen atoms in total. The monoisotopic (exact) mass is 262 g/mol. The molecule has 0 radical (unpaired) electrons. The molecular weight excluding hydrogens is 251 g/mol. The maximum absolute atomic E-state index is 11.7. The number of hydrogen-bond acceptors (Lipinski definition) is 3. The Morgan fingerprint density at radius 2 is 2.06 bits per heavy atom. The number of methoxy groups -OCH3 is 1. The highest BCUT2D eigenvalue weighted by molar-refractivity contribution is 6.43. The van der Waals surface area contributed by atoms with E-state index < -0.39 is 0 Å². The summed E-state index contributed by atoms with van der Waals surface area (Å²) in [6.07, 6.45) is 0. The first kappa shape index (κ1) is 13.5. The van der Waals surface area contributed by atoms with Crippen molar-refractivity contribution in [3.05, 3.63) is 33.8 Å². The van der Waals surface area contributed by atoms with Gasteiger partial charge in [0, 0.05) is 12.7 Å². The number of Topliss-reactive ketones (excluding diaryl/α,β-unsaturated/α-hetero) is 1. The van der Waals surface area contributed by atoms with Crippen molar-refractivity contribution < 1.29 is 14.3 Å². The summed E-state index contributed by atoms with van der Waals surface area (Å²) < 4.78 is 9.90. The van der Waals surface area contributed by atoms with E-state index in [1.165, 1.54) is 0 Å². The van der Waals surface area contributed by atoms with Gasteiger partial charge >= 0.3 is 0 Å². The lowest BCUT2D eigenvalue weighted by Crippen LogP contribution is -2.12. The molecule has 0 aliphatic carbocycles. The third-order valence-electron chi connectivity index (χ3n) is 1.92. The van der Waals surface area contributed by atoms with Crippen LogP contribution in [0.2, 0.25) is 10.0 Å². The Hall–Kier alpha value is -0.610. The average Bonchev–Trinajstić information content (AvgIpc) is 2.28. The molecule has 0 unspecified atom stereocenters. The fraction of sp³-hybridized carbons (Fsp3) is 0.364. The summed E-state index contributed by atoms with van der Waals surface area (Å²) in [5.74, 6) is -0.191. The fourth-order valence-corrected chi connectivity index (χ4v) is 1.51.